The molecule has 4 nitrogen and oxygen atoms in total. The fraction of sp³-hybridized carbons (Fsp3) is 0.167. The van der Waals surface area contributed by atoms with E-state index in [1.807, 2.05) is 6.92 Å². The fourth-order valence-corrected chi connectivity index (χ4v) is 2.42. The van der Waals surface area contributed by atoms with E-state index in [1.54, 1.807) is 18.2 Å². The Balaban J connectivity index is 2.52. The zero-order chi connectivity index (χ0) is 12.4. The van der Waals surface area contributed by atoms with Crippen LogP contribution in [0.2, 0.25) is 0 Å². The molecule has 2 N–H and O–H groups in total. The van der Waals surface area contributed by atoms with Gasteiger partial charge in [0, 0.05) is 5.56 Å². The molecule has 1 aromatic heterocycles. The van der Waals surface area contributed by atoms with Gasteiger partial charge in [0.1, 0.15) is 0 Å². The Kier molecular flexibility index (Phi) is 3.21. The number of carboxylic acid groups (broad SMARTS) is 1. The van der Waals surface area contributed by atoms with E-state index in [4.69, 9.17) is 5.11 Å². The molecular formula is C12H11NO3S. The Hall–Kier alpha value is -1.72. The van der Waals surface area contributed by atoms with Crippen molar-refractivity contribution in [3.8, 4) is 11.3 Å². The summed E-state index contributed by atoms with van der Waals surface area (Å²) in [7, 11) is 0. The van der Waals surface area contributed by atoms with Crippen molar-refractivity contribution in [2.24, 2.45) is 0 Å². The van der Waals surface area contributed by atoms with Crippen molar-refractivity contribution in [1.82, 2.24) is 4.98 Å². The molecule has 1 aromatic carbocycles. The first-order valence-corrected chi connectivity index (χ1v) is 5.84. The zero-order valence-electron chi connectivity index (χ0n) is 9.17. The molecule has 5 heteroatoms. The third-order valence-corrected chi connectivity index (χ3v) is 3.29. The van der Waals surface area contributed by atoms with E-state index < -0.39 is 5.97 Å². The van der Waals surface area contributed by atoms with Gasteiger partial charge < -0.3 is 10.2 Å². The summed E-state index contributed by atoms with van der Waals surface area (Å²) in [6.45, 7) is 1.77. The predicted octanol–water partition coefficient (Wildman–Crippen LogP) is 2.31. The van der Waals surface area contributed by atoms with Crippen LogP contribution in [0, 0.1) is 6.92 Å². The monoisotopic (exact) mass is 249 g/mol. The molecule has 0 atom stereocenters. The van der Waals surface area contributed by atoms with Crippen molar-refractivity contribution in [2.75, 3.05) is 0 Å². The molecule has 2 rings (SSSR count). The van der Waals surface area contributed by atoms with E-state index in [-0.39, 0.29) is 12.2 Å². The maximum Gasteiger partial charge on any atom is 0.335 e. The minimum absolute atomic E-state index is 0.0852. The molecule has 0 aliphatic rings. The molecule has 0 radical (unpaired) electrons. The number of aromatic nitrogens is 1. The summed E-state index contributed by atoms with van der Waals surface area (Å²) in [6.07, 6.45) is 0. The van der Waals surface area contributed by atoms with Crippen LogP contribution in [-0.2, 0) is 6.61 Å². The van der Waals surface area contributed by atoms with Crippen molar-refractivity contribution in [1.29, 1.82) is 0 Å². The lowest BCUT2D eigenvalue weighted by Crippen LogP contribution is -1.96. The average Bonchev–Trinajstić information content (AvgIpc) is 2.70. The topological polar surface area (TPSA) is 70.4 Å². The normalized spacial score (nSPS) is 10.5. The van der Waals surface area contributed by atoms with Crippen LogP contribution in [-0.4, -0.2) is 21.2 Å². The van der Waals surface area contributed by atoms with Gasteiger partial charge in [-0.25, -0.2) is 9.78 Å². The largest absolute Gasteiger partial charge is 0.478 e. The van der Waals surface area contributed by atoms with Crippen LogP contribution in [0.3, 0.4) is 0 Å². The third-order valence-electron chi connectivity index (χ3n) is 2.33. The molecule has 0 saturated carbocycles. The molecule has 0 fully saturated rings. The summed E-state index contributed by atoms with van der Waals surface area (Å²) in [5.41, 5.74) is 1.61. The maximum absolute atomic E-state index is 10.9. The van der Waals surface area contributed by atoms with Crippen LogP contribution in [0.1, 0.15) is 20.2 Å². The molecule has 2 aromatic rings. The number of aromatic carboxylic acids is 1. The first-order chi connectivity index (χ1) is 8.11. The second-order valence-electron chi connectivity index (χ2n) is 3.55. The summed E-state index contributed by atoms with van der Waals surface area (Å²) in [6, 6.07) is 6.56. The number of nitrogens with zero attached hydrogens (tertiary/aromatic N) is 1. The lowest BCUT2D eigenvalue weighted by molar-refractivity contribution is 0.0697. The van der Waals surface area contributed by atoms with E-state index in [0.29, 0.717) is 5.69 Å². The number of carbonyl (C=O) groups is 1. The predicted molar refractivity (Wildman–Crippen MR) is 65.2 cm³/mol. The summed E-state index contributed by atoms with van der Waals surface area (Å²) < 4.78 is 0. The van der Waals surface area contributed by atoms with Gasteiger partial charge in [0.15, 0.2) is 0 Å². The van der Waals surface area contributed by atoms with Gasteiger partial charge in [0.25, 0.3) is 0 Å². The highest BCUT2D eigenvalue weighted by Crippen LogP contribution is 2.28. The standard InChI is InChI=1S/C12H11NO3S/c1-7-13-11(10(6-14)17-7)8-3-2-4-9(5-8)12(15)16/h2-5,14H,6H2,1H3,(H,15,16). The highest BCUT2D eigenvalue weighted by atomic mass is 32.1. The number of carboxylic acids is 1. The number of aliphatic hydroxyl groups is 1. The highest BCUT2D eigenvalue weighted by Gasteiger charge is 2.12. The SMILES string of the molecule is Cc1nc(-c2cccc(C(=O)O)c2)c(CO)s1. The van der Waals surface area contributed by atoms with Crippen LogP contribution in [0.4, 0.5) is 0 Å². The van der Waals surface area contributed by atoms with Gasteiger partial charge >= 0.3 is 5.97 Å². The average molecular weight is 249 g/mol. The van der Waals surface area contributed by atoms with E-state index in [0.717, 1.165) is 15.4 Å². The Bertz CT molecular complexity index is 563. The summed E-state index contributed by atoms with van der Waals surface area (Å²) in [4.78, 5) is 15.9. The van der Waals surface area contributed by atoms with Crippen molar-refractivity contribution in [3.63, 3.8) is 0 Å². The maximum atomic E-state index is 10.9. The van der Waals surface area contributed by atoms with Crippen molar-refractivity contribution in [2.45, 2.75) is 13.5 Å². The number of rotatable bonds is 3. The lowest BCUT2D eigenvalue weighted by Gasteiger charge is -2.01. The van der Waals surface area contributed by atoms with Crippen LogP contribution < -0.4 is 0 Å². The van der Waals surface area contributed by atoms with Crippen molar-refractivity contribution >= 4 is 17.3 Å². The van der Waals surface area contributed by atoms with E-state index >= 15 is 0 Å². The van der Waals surface area contributed by atoms with Gasteiger partial charge in [0.2, 0.25) is 0 Å². The second-order valence-corrected chi connectivity index (χ2v) is 4.84. The molecule has 1 heterocycles. The molecule has 0 amide bonds. The Morgan fingerprint density at radius 1 is 1.47 bits per heavy atom. The number of thiazole rings is 1. The van der Waals surface area contributed by atoms with Gasteiger partial charge in [-0.2, -0.15) is 0 Å². The second kappa shape index (κ2) is 4.65. The first-order valence-electron chi connectivity index (χ1n) is 5.02. The fourth-order valence-electron chi connectivity index (χ4n) is 1.60. The Morgan fingerprint density at radius 2 is 2.24 bits per heavy atom. The highest BCUT2D eigenvalue weighted by molar-refractivity contribution is 7.12. The molecule has 0 aliphatic heterocycles. The zero-order valence-corrected chi connectivity index (χ0v) is 9.99. The molecule has 0 aliphatic carbocycles. The first kappa shape index (κ1) is 11.8. The van der Waals surface area contributed by atoms with Crippen LogP contribution >= 0.6 is 11.3 Å². The molecule has 0 saturated heterocycles. The molecule has 17 heavy (non-hydrogen) atoms. The molecular weight excluding hydrogens is 238 g/mol. The molecule has 0 unspecified atom stereocenters. The number of hydrogen-bond acceptors (Lipinski definition) is 4. The number of aryl methyl sites for hydroxylation is 1. The van der Waals surface area contributed by atoms with Gasteiger partial charge in [-0.15, -0.1) is 11.3 Å². The minimum Gasteiger partial charge on any atom is -0.478 e. The van der Waals surface area contributed by atoms with Gasteiger partial charge in [-0.05, 0) is 19.1 Å². The van der Waals surface area contributed by atoms with Gasteiger partial charge in [-0.3, -0.25) is 0 Å². The van der Waals surface area contributed by atoms with E-state index in [2.05, 4.69) is 4.98 Å². The molecule has 0 bridgehead atoms. The van der Waals surface area contributed by atoms with Crippen LogP contribution in [0.5, 0.6) is 0 Å². The molecule has 88 valence electrons. The van der Waals surface area contributed by atoms with Crippen LogP contribution in [0.15, 0.2) is 24.3 Å². The summed E-state index contributed by atoms with van der Waals surface area (Å²) in [5.74, 6) is -0.968. The number of benzene rings is 1. The Labute approximate surface area is 102 Å². The smallest absolute Gasteiger partial charge is 0.335 e. The Morgan fingerprint density at radius 3 is 2.88 bits per heavy atom. The number of aliphatic hydroxyl groups excluding tert-OH is 1. The summed E-state index contributed by atoms with van der Waals surface area (Å²) >= 11 is 1.41. The van der Waals surface area contributed by atoms with Crippen molar-refractivity contribution < 1.29 is 15.0 Å². The van der Waals surface area contributed by atoms with Crippen molar-refractivity contribution in [3.05, 3.63) is 39.7 Å². The minimum atomic E-state index is -0.968. The van der Waals surface area contributed by atoms with Gasteiger partial charge in [0.05, 0.1) is 27.7 Å². The van der Waals surface area contributed by atoms with E-state index in [1.165, 1.54) is 17.4 Å². The van der Waals surface area contributed by atoms with Gasteiger partial charge in [-0.1, -0.05) is 12.1 Å². The molecule has 0 spiro atoms. The number of hydrogen-bond donors (Lipinski definition) is 2. The lowest BCUT2D eigenvalue weighted by atomic mass is 10.1. The summed E-state index contributed by atoms with van der Waals surface area (Å²) in [5, 5.41) is 19.0. The van der Waals surface area contributed by atoms with E-state index in [9.17, 15) is 9.90 Å². The quantitative estimate of drug-likeness (QED) is 0.875. The third kappa shape index (κ3) is 2.35. The van der Waals surface area contributed by atoms with Crippen LogP contribution in [0.25, 0.3) is 11.3 Å².